The van der Waals surface area contributed by atoms with Crippen molar-refractivity contribution in [1.82, 2.24) is 0 Å². The molecule has 0 aliphatic rings. The van der Waals surface area contributed by atoms with Gasteiger partial charge >= 0.3 is 5.97 Å². The maximum absolute atomic E-state index is 11.0. The third-order valence-electron chi connectivity index (χ3n) is 2.70. The van der Waals surface area contributed by atoms with E-state index in [1.165, 1.54) is 6.92 Å². The molecule has 0 atom stereocenters. The van der Waals surface area contributed by atoms with Crippen molar-refractivity contribution < 1.29 is 14.3 Å². The Balaban J connectivity index is 2.56. The number of esters is 1. The Hall–Kier alpha value is -2.03. The monoisotopic (exact) mass is 230 g/mol. The molecule has 0 aliphatic heterocycles. The quantitative estimate of drug-likeness (QED) is 0.587. The highest BCUT2D eigenvalue weighted by Gasteiger charge is 2.07. The number of methoxy groups -OCH3 is 1. The van der Waals surface area contributed by atoms with Gasteiger partial charge in [0.15, 0.2) is 0 Å². The first-order valence-electron chi connectivity index (χ1n) is 5.37. The number of rotatable bonds is 2. The molecule has 3 nitrogen and oxygen atoms in total. The highest BCUT2D eigenvalue weighted by atomic mass is 16.5. The summed E-state index contributed by atoms with van der Waals surface area (Å²) < 4.78 is 10.3. The van der Waals surface area contributed by atoms with Crippen LogP contribution in [-0.4, -0.2) is 13.1 Å². The molecule has 2 aromatic carbocycles. The van der Waals surface area contributed by atoms with Crippen molar-refractivity contribution in [3.63, 3.8) is 0 Å². The van der Waals surface area contributed by atoms with E-state index >= 15 is 0 Å². The van der Waals surface area contributed by atoms with Crippen LogP contribution >= 0.6 is 0 Å². The molecule has 2 aromatic rings. The lowest BCUT2D eigenvalue weighted by Crippen LogP contribution is -2.02. The largest absolute Gasteiger partial charge is 0.497 e. The number of ether oxygens (including phenoxy) is 2. The number of fused-ring (bicyclic) bond motifs is 1. The molecular weight excluding hydrogens is 216 g/mol. The van der Waals surface area contributed by atoms with Crippen LogP contribution in [0.1, 0.15) is 12.5 Å². The van der Waals surface area contributed by atoms with Gasteiger partial charge in [-0.3, -0.25) is 4.79 Å². The molecule has 0 bridgehead atoms. The number of benzene rings is 2. The van der Waals surface area contributed by atoms with E-state index in [2.05, 4.69) is 0 Å². The Morgan fingerprint density at radius 3 is 2.59 bits per heavy atom. The highest BCUT2D eigenvalue weighted by Crippen LogP contribution is 2.29. The molecule has 88 valence electrons. The second-order valence-corrected chi connectivity index (χ2v) is 3.87. The molecule has 2 rings (SSSR count). The minimum absolute atomic E-state index is 0.305. The fourth-order valence-electron chi connectivity index (χ4n) is 1.84. The molecule has 0 radical (unpaired) electrons. The van der Waals surface area contributed by atoms with Gasteiger partial charge in [0.05, 0.1) is 7.11 Å². The average molecular weight is 230 g/mol. The van der Waals surface area contributed by atoms with Gasteiger partial charge in [0.25, 0.3) is 0 Å². The van der Waals surface area contributed by atoms with E-state index in [4.69, 9.17) is 9.47 Å². The Kier molecular flexibility index (Phi) is 3.00. The fourth-order valence-corrected chi connectivity index (χ4v) is 1.84. The van der Waals surface area contributed by atoms with Crippen LogP contribution in [-0.2, 0) is 4.79 Å². The molecule has 0 spiro atoms. The van der Waals surface area contributed by atoms with E-state index in [1.54, 1.807) is 13.2 Å². The van der Waals surface area contributed by atoms with Crippen LogP contribution < -0.4 is 9.47 Å². The summed E-state index contributed by atoms with van der Waals surface area (Å²) in [6.07, 6.45) is 0. The third kappa shape index (κ3) is 2.23. The van der Waals surface area contributed by atoms with Crippen LogP contribution in [0.3, 0.4) is 0 Å². The van der Waals surface area contributed by atoms with Crippen LogP contribution in [0.2, 0.25) is 0 Å². The van der Waals surface area contributed by atoms with Crippen molar-refractivity contribution >= 4 is 16.7 Å². The van der Waals surface area contributed by atoms with Crippen molar-refractivity contribution in [3.8, 4) is 11.5 Å². The first-order valence-corrected chi connectivity index (χ1v) is 5.37. The van der Waals surface area contributed by atoms with Crippen LogP contribution in [0.4, 0.5) is 0 Å². The Morgan fingerprint density at radius 1 is 1.18 bits per heavy atom. The maximum Gasteiger partial charge on any atom is 0.308 e. The van der Waals surface area contributed by atoms with Gasteiger partial charge in [-0.2, -0.15) is 0 Å². The fraction of sp³-hybridized carbons (Fsp3) is 0.214. The van der Waals surface area contributed by atoms with E-state index < -0.39 is 0 Å². The second kappa shape index (κ2) is 4.45. The van der Waals surface area contributed by atoms with Gasteiger partial charge in [-0.1, -0.05) is 12.1 Å². The average Bonchev–Trinajstić information content (AvgIpc) is 2.32. The molecule has 0 aromatic heterocycles. The number of hydrogen-bond acceptors (Lipinski definition) is 3. The van der Waals surface area contributed by atoms with Gasteiger partial charge in [-0.15, -0.1) is 0 Å². The zero-order valence-electron chi connectivity index (χ0n) is 10.1. The second-order valence-electron chi connectivity index (χ2n) is 3.87. The third-order valence-corrected chi connectivity index (χ3v) is 2.70. The maximum atomic E-state index is 11.0. The van der Waals surface area contributed by atoms with Crippen LogP contribution in [0, 0.1) is 6.92 Å². The Labute approximate surface area is 100.0 Å². The van der Waals surface area contributed by atoms with Gasteiger partial charge in [-0.05, 0) is 41.5 Å². The first-order chi connectivity index (χ1) is 8.11. The van der Waals surface area contributed by atoms with Crippen LogP contribution in [0.25, 0.3) is 10.8 Å². The Morgan fingerprint density at radius 2 is 1.94 bits per heavy atom. The summed E-state index contributed by atoms with van der Waals surface area (Å²) in [7, 11) is 1.64. The molecule has 0 unspecified atom stereocenters. The van der Waals surface area contributed by atoms with Crippen molar-refractivity contribution in [3.05, 3.63) is 35.9 Å². The van der Waals surface area contributed by atoms with E-state index in [-0.39, 0.29) is 5.97 Å². The standard InChI is InChI=1S/C14H14O3/c1-9-13-6-5-12(16-3)8-11(13)4-7-14(9)17-10(2)15/h4-8H,1-3H3. The molecule has 0 N–H and O–H groups in total. The van der Waals surface area contributed by atoms with Crippen LogP contribution in [0.5, 0.6) is 11.5 Å². The zero-order valence-corrected chi connectivity index (χ0v) is 10.1. The number of hydrogen-bond donors (Lipinski definition) is 0. The van der Waals surface area contributed by atoms with E-state index in [0.717, 1.165) is 22.1 Å². The molecular formula is C14H14O3. The van der Waals surface area contributed by atoms with E-state index in [0.29, 0.717) is 5.75 Å². The summed E-state index contributed by atoms with van der Waals surface area (Å²) in [6, 6.07) is 9.55. The molecule has 0 saturated heterocycles. The minimum Gasteiger partial charge on any atom is -0.497 e. The number of aryl methyl sites for hydroxylation is 1. The van der Waals surface area contributed by atoms with Gasteiger partial charge in [-0.25, -0.2) is 0 Å². The van der Waals surface area contributed by atoms with E-state index in [1.807, 2.05) is 31.2 Å². The van der Waals surface area contributed by atoms with Crippen molar-refractivity contribution in [1.29, 1.82) is 0 Å². The summed E-state index contributed by atoms with van der Waals surface area (Å²) in [4.78, 5) is 11.0. The summed E-state index contributed by atoms with van der Waals surface area (Å²) in [5.74, 6) is 1.12. The molecule has 0 heterocycles. The number of carbonyl (C=O) groups is 1. The topological polar surface area (TPSA) is 35.5 Å². The highest BCUT2D eigenvalue weighted by molar-refractivity contribution is 5.89. The van der Waals surface area contributed by atoms with E-state index in [9.17, 15) is 4.79 Å². The van der Waals surface area contributed by atoms with Gasteiger partial charge in [0.2, 0.25) is 0 Å². The van der Waals surface area contributed by atoms with Crippen molar-refractivity contribution in [2.75, 3.05) is 7.11 Å². The first kappa shape index (κ1) is 11.5. The lowest BCUT2D eigenvalue weighted by atomic mass is 10.0. The molecule has 0 amide bonds. The summed E-state index contributed by atoms with van der Waals surface area (Å²) >= 11 is 0. The zero-order chi connectivity index (χ0) is 12.4. The molecule has 3 heteroatoms. The van der Waals surface area contributed by atoms with Gasteiger partial charge in [0, 0.05) is 6.92 Å². The predicted octanol–water partition coefficient (Wildman–Crippen LogP) is 3.08. The van der Waals surface area contributed by atoms with Gasteiger partial charge < -0.3 is 9.47 Å². The molecule has 17 heavy (non-hydrogen) atoms. The molecule has 0 saturated carbocycles. The lowest BCUT2D eigenvalue weighted by Gasteiger charge is -2.09. The predicted molar refractivity (Wildman–Crippen MR) is 66.5 cm³/mol. The smallest absolute Gasteiger partial charge is 0.308 e. The Bertz CT molecular complexity index is 573. The number of carbonyl (C=O) groups excluding carboxylic acids is 1. The SMILES string of the molecule is COc1ccc2c(C)c(OC(C)=O)ccc2c1. The van der Waals surface area contributed by atoms with Gasteiger partial charge in [0.1, 0.15) is 11.5 Å². The molecule has 0 fully saturated rings. The van der Waals surface area contributed by atoms with Crippen molar-refractivity contribution in [2.45, 2.75) is 13.8 Å². The lowest BCUT2D eigenvalue weighted by molar-refractivity contribution is -0.131. The van der Waals surface area contributed by atoms with Crippen molar-refractivity contribution in [2.24, 2.45) is 0 Å². The molecule has 0 aliphatic carbocycles. The summed E-state index contributed by atoms with van der Waals surface area (Å²) in [5, 5.41) is 2.13. The summed E-state index contributed by atoms with van der Waals surface area (Å²) in [6.45, 7) is 3.34. The normalized spacial score (nSPS) is 10.3. The summed E-state index contributed by atoms with van der Waals surface area (Å²) in [5.41, 5.74) is 0.959. The van der Waals surface area contributed by atoms with Crippen LogP contribution in [0.15, 0.2) is 30.3 Å². The minimum atomic E-state index is -0.305.